The highest BCUT2D eigenvalue weighted by Gasteiger charge is 2.30. The van der Waals surface area contributed by atoms with Crippen LogP contribution in [0.3, 0.4) is 0 Å². The Hall–Kier alpha value is -3.11. The summed E-state index contributed by atoms with van der Waals surface area (Å²) >= 11 is 0. The van der Waals surface area contributed by atoms with Crippen LogP contribution in [0.5, 0.6) is 5.75 Å². The molecular formula is C24H31N3O6S. The largest absolute Gasteiger partial charge is 0.482 e. The molecule has 1 fully saturated rings. The highest BCUT2D eigenvalue weighted by atomic mass is 32.2. The third-order valence-electron chi connectivity index (χ3n) is 5.37. The van der Waals surface area contributed by atoms with Crippen molar-refractivity contribution in [3.8, 4) is 5.75 Å². The zero-order valence-corrected chi connectivity index (χ0v) is 20.3. The van der Waals surface area contributed by atoms with Gasteiger partial charge in [0, 0.05) is 37.9 Å². The summed E-state index contributed by atoms with van der Waals surface area (Å²) in [6, 6.07) is 13.4. The zero-order chi connectivity index (χ0) is 24.6. The number of amides is 2. The van der Waals surface area contributed by atoms with Gasteiger partial charge >= 0.3 is 12.0 Å². The maximum absolute atomic E-state index is 13.0. The van der Waals surface area contributed by atoms with Crippen molar-refractivity contribution in [2.24, 2.45) is 0 Å². The van der Waals surface area contributed by atoms with Crippen LogP contribution in [0.1, 0.15) is 25.8 Å². The molecule has 3 rings (SSSR count). The van der Waals surface area contributed by atoms with Gasteiger partial charge < -0.3 is 19.7 Å². The maximum Gasteiger partial charge on any atom is 0.344 e. The highest BCUT2D eigenvalue weighted by Crippen LogP contribution is 2.21. The minimum atomic E-state index is -3.60. The molecule has 0 saturated carbocycles. The zero-order valence-electron chi connectivity index (χ0n) is 19.5. The Morgan fingerprint density at radius 1 is 1.00 bits per heavy atom. The number of hydrogen-bond acceptors (Lipinski definition) is 6. The van der Waals surface area contributed by atoms with E-state index in [-0.39, 0.29) is 50.3 Å². The predicted molar refractivity (Wildman–Crippen MR) is 128 cm³/mol. The molecule has 9 nitrogen and oxygen atoms in total. The number of carbonyl (C=O) groups excluding carboxylic acids is 2. The minimum Gasteiger partial charge on any atom is -0.482 e. The molecule has 2 amide bonds. The number of urea groups is 1. The van der Waals surface area contributed by atoms with Crippen LogP contribution in [0.25, 0.3) is 0 Å². The van der Waals surface area contributed by atoms with Gasteiger partial charge in [-0.3, -0.25) is 0 Å². The molecule has 0 unspecified atom stereocenters. The van der Waals surface area contributed by atoms with Gasteiger partial charge in [-0.05, 0) is 43.2 Å². The van der Waals surface area contributed by atoms with Gasteiger partial charge in [0.05, 0.1) is 11.5 Å². The molecular weight excluding hydrogens is 458 g/mol. The molecule has 0 aliphatic carbocycles. The summed E-state index contributed by atoms with van der Waals surface area (Å²) in [6.07, 6.45) is 1.91. The number of hydrogen-bond donors (Lipinski definition) is 1. The van der Waals surface area contributed by atoms with E-state index in [4.69, 9.17) is 9.47 Å². The van der Waals surface area contributed by atoms with Crippen LogP contribution < -0.4 is 10.1 Å². The third-order valence-corrected chi connectivity index (χ3v) is 7.29. The van der Waals surface area contributed by atoms with E-state index in [9.17, 15) is 18.0 Å². The second-order valence-electron chi connectivity index (χ2n) is 7.84. The first kappa shape index (κ1) is 25.5. The predicted octanol–water partition coefficient (Wildman–Crippen LogP) is 3.12. The van der Waals surface area contributed by atoms with Gasteiger partial charge in [-0.1, -0.05) is 31.5 Å². The molecule has 0 spiro atoms. The van der Waals surface area contributed by atoms with E-state index in [1.807, 2.05) is 12.1 Å². The fourth-order valence-corrected chi connectivity index (χ4v) is 5.03. The summed E-state index contributed by atoms with van der Waals surface area (Å²) in [7, 11) is -3.60. The van der Waals surface area contributed by atoms with Gasteiger partial charge in [-0.2, -0.15) is 4.31 Å². The van der Waals surface area contributed by atoms with Gasteiger partial charge in [0.2, 0.25) is 10.0 Å². The molecule has 2 aromatic carbocycles. The highest BCUT2D eigenvalue weighted by molar-refractivity contribution is 7.89. The van der Waals surface area contributed by atoms with Crippen LogP contribution in [-0.2, 0) is 26.0 Å². The van der Waals surface area contributed by atoms with E-state index in [1.165, 1.54) is 4.31 Å². The Labute approximate surface area is 200 Å². The molecule has 0 atom stereocenters. The summed E-state index contributed by atoms with van der Waals surface area (Å²) in [5, 5.41) is 2.79. The van der Waals surface area contributed by atoms with Crippen molar-refractivity contribution in [1.82, 2.24) is 9.21 Å². The Morgan fingerprint density at radius 3 is 2.35 bits per heavy atom. The van der Waals surface area contributed by atoms with Crippen LogP contribution in [0.15, 0.2) is 53.4 Å². The summed E-state index contributed by atoms with van der Waals surface area (Å²) < 4.78 is 37.6. The molecule has 1 aliphatic rings. The van der Waals surface area contributed by atoms with E-state index in [2.05, 4.69) is 12.2 Å². The first-order valence-electron chi connectivity index (χ1n) is 11.4. The summed E-state index contributed by atoms with van der Waals surface area (Å²) in [4.78, 5) is 26.0. The smallest absolute Gasteiger partial charge is 0.344 e. The third kappa shape index (κ3) is 6.71. The lowest BCUT2D eigenvalue weighted by molar-refractivity contribution is -0.145. The monoisotopic (exact) mass is 489 g/mol. The SMILES string of the molecule is CCCc1ccc(S(=O)(=O)N2CCN(C(=O)Nc3cccc(OCC(=O)OCC)c3)CC2)cc1. The summed E-state index contributed by atoms with van der Waals surface area (Å²) in [5.41, 5.74) is 1.62. The van der Waals surface area contributed by atoms with Crippen LogP contribution in [0, 0.1) is 0 Å². The molecule has 1 N–H and O–H groups in total. The Morgan fingerprint density at radius 2 is 1.71 bits per heavy atom. The van der Waals surface area contributed by atoms with E-state index >= 15 is 0 Å². The van der Waals surface area contributed by atoms with E-state index < -0.39 is 16.0 Å². The number of aryl methyl sites for hydroxylation is 1. The number of ether oxygens (including phenoxy) is 2. The van der Waals surface area contributed by atoms with E-state index in [0.29, 0.717) is 11.4 Å². The van der Waals surface area contributed by atoms with Crippen molar-refractivity contribution < 1.29 is 27.5 Å². The normalized spacial score (nSPS) is 14.5. The van der Waals surface area contributed by atoms with Crippen LogP contribution in [-0.4, -0.2) is 69.0 Å². The van der Waals surface area contributed by atoms with Crippen LogP contribution in [0.2, 0.25) is 0 Å². The van der Waals surface area contributed by atoms with Crippen molar-refractivity contribution in [2.45, 2.75) is 31.6 Å². The van der Waals surface area contributed by atoms with E-state index in [1.54, 1.807) is 48.2 Å². The number of nitrogens with zero attached hydrogens (tertiary/aromatic N) is 2. The molecule has 1 heterocycles. The summed E-state index contributed by atoms with van der Waals surface area (Å²) in [6.45, 7) is 4.84. The number of piperazine rings is 1. The second kappa shape index (κ2) is 11.8. The van der Waals surface area contributed by atoms with Crippen LogP contribution in [0.4, 0.5) is 10.5 Å². The molecule has 1 aliphatic heterocycles. The number of benzene rings is 2. The average molecular weight is 490 g/mol. The van der Waals surface area contributed by atoms with E-state index in [0.717, 1.165) is 18.4 Å². The molecule has 0 aromatic heterocycles. The van der Waals surface area contributed by atoms with Gasteiger partial charge in [0.1, 0.15) is 5.75 Å². The number of esters is 1. The number of sulfonamides is 1. The lowest BCUT2D eigenvalue weighted by Gasteiger charge is -2.34. The van der Waals surface area contributed by atoms with Crippen molar-refractivity contribution >= 4 is 27.7 Å². The molecule has 2 aromatic rings. The average Bonchev–Trinajstić information content (AvgIpc) is 2.84. The molecule has 184 valence electrons. The second-order valence-corrected chi connectivity index (χ2v) is 9.77. The van der Waals surface area contributed by atoms with Gasteiger partial charge in [-0.25, -0.2) is 18.0 Å². The number of nitrogens with one attached hydrogen (secondary N) is 1. The first-order chi connectivity index (χ1) is 16.3. The van der Waals surface area contributed by atoms with Crippen molar-refractivity contribution in [3.63, 3.8) is 0 Å². The van der Waals surface area contributed by atoms with Crippen molar-refractivity contribution in [1.29, 1.82) is 0 Å². The lowest BCUT2D eigenvalue weighted by Crippen LogP contribution is -2.51. The summed E-state index contributed by atoms with van der Waals surface area (Å²) in [5.74, 6) is -0.0478. The van der Waals surface area contributed by atoms with Gasteiger partial charge in [0.25, 0.3) is 0 Å². The number of carbonyl (C=O) groups is 2. The fourth-order valence-electron chi connectivity index (χ4n) is 3.61. The van der Waals surface area contributed by atoms with Crippen LogP contribution >= 0.6 is 0 Å². The Balaban J connectivity index is 1.53. The molecule has 0 bridgehead atoms. The minimum absolute atomic E-state index is 0.217. The fraction of sp³-hybridized carbons (Fsp3) is 0.417. The lowest BCUT2D eigenvalue weighted by atomic mass is 10.1. The van der Waals surface area contributed by atoms with Crippen molar-refractivity contribution in [2.75, 3.05) is 44.7 Å². The quantitative estimate of drug-likeness (QED) is 0.543. The molecule has 0 radical (unpaired) electrons. The topological polar surface area (TPSA) is 105 Å². The first-order valence-corrected chi connectivity index (χ1v) is 12.8. The van der Waals surface area contributed by atoms with Crippen molar-refractivity contribution in [3.05, 3.63) is 54.1 Å². The number of anilines is 1. The molecule has 10 heteroatoms. The van der Waals surface area contributed by atoms with Gasteiger partial charge in [0.15, 0.2) is 6.61 Å². The molecule has 34 heavy (non-hydrogen) atoms. The standard InChI is InChI=1S/C24H31N3O6S/c1-3-6-19-9-11-22(12-10-19)34(30,31)27-15-13-26(14-16-27)24(29)25-20-7-5-8-21(17-20)33-18-23(28)32-4-2/h5,7-12,17H,3-4,6,13-16,18H2,1-2H3,(H,25,29). The molecule has 1 saturated heterocycles. The Bertz CT molecular complexity index is 1080. The maximum atomic E-state index is 13.0. The number of rotatable bonds is 9. The van der Waals surface area contributed by atoms with Gasteiger partial charge in [-0.15, -0.1) is 0 Å². The Kier molecular flexibility index (Phi) is 8.89.